The van der Waals surface area contributed by atoms with E-state index in [1.807, 2.05) is 0 Å². The molecule has 22 heavy (non-hydrogen) atoms. The Bertz CT molecular complexity index is 792. The van der Waals surface area contributed by atoms with Gasteiger partial charge < -0.3 is 4.90 Å². The third-order valence-electron chi connectivity index (χ3n) is 2.76. The first-order chi connectivity index (χ1) is 9.86. The van der Waals surface area contributed by atoms with Crippen molar-refractivity contribution >= 4 is 31.9 Å². The molecule has 1 heterocycles. The Kier molecular flexibility index (Phi) is 3.78. The number of rotatable bonds is 3. The molecule has 0 aliphatic carbocycles. The minimum atomic E-state index is -6.14. The SMILES string of the molecule is CN1c2ccccc2N(S(=O)(=O)F)C1OS(=O)(=O)C(F)(F)F. The number of nitrogens with zero attached hydrogens (tertiary/aromatic N) is 2. The zero-order valence-corrected chi connectivity index (χ0v) is 12.3. The van der Waals surface area contributed by atoms with Crippen molar-refractivity contribution in [1.82, 2.24) is 0 Å². The van der Waals surface area contributed by atoms with Gasteiger partial charge in [-0.25, -0.2) is 4.18 Å². The molecule has 7 nitrogen and oxygen atoms in total. The Hall–Kier alpha value is -1.60. The van der Waals surface area contributed by atoms with Gasteiger partial charge in [0, 0.05) is 7.05 Å². The maximum absolute atomic E-state index is 13.4. The number of para-hydroxylation sites is 2. The number of fused-ring (bicyclic) bond motifs is 1. The molecule has 0 spiro atoms. The van der Waals surface area contributed by atoms with Crippen molar-refractivity contribution in [3.63, 3.8) is 0 Å². The Labute approximate surface area is 123 Å². The fraction of sp³-hybridized carbons (Fsp3) is 0.333. The van der Waals surface area contributed by atoms with E-state index in [1.54, 1.807) is 0 Å². The van der Waals surface area contributed by atoms with Crippen molar-refractivity contribution in [2.24, 2.45) is 0 Å². The maximum Gasteiger partial charge on any atom is 0.523 e. The molecule has 0 aromatic heterocycles. The van der Waals surface area contributed by atoms with Gasteiger partial charge in [0.2, 0.25) is 6.35 Å². The van der Waals surface area contributed by atoms with Crippen LogP contribution in [0.2, 0.25) is 0 Å². The highest BCUT2D eigenvalue weighted by atomic mass is 32.3. The van der Waals surface area contributed by atoms with Gasteiger partial charge in [0.1, 0.15) is 0 Å². The van der Waals surface area contributed by atoms with E-state index in [0.29, 0.717) is 0 Å². The van der Waals surface area contributed by atoms with E-state index in [2.05, 4.69) is 4.18 Å². The van der Waals surface area contributed by atoms with Gasteiger partial charge in [-0.1, -0.05) is 16.0 Å². The quantitative estimate of drug-likeness (QED) is 0.348. The second-order valence-electron chi connectivity index (χ2n) is 4.16. The predicted molar refractivity (Wildman–Crippen MR) is 67.2 cm³/mol. The Morgan fingerprint density at radius 1 is 1.09 bits per heavy atom. The molecule has 13 heteroatoms. The van der Waals surface area contributed by atoms with Crippen LogP contribution < -0.4 is 9.21 Å². The molecule has 124 valence electrons. The van der Waals surface area contributed by atoms with Crippen LogP contribution in [0.25, 0.3) is 0 Å². The smallest absolute Gasteiger partial charge is 0.328 e. The summed E-state index contributed by atoms with van der Waals surface area (Å²) in [4.78, 5) is 0.746. The van der Waals surface area contributed by atoms with Crippen LogP contribution in [0.5, 0.6) is 0 Å². The number of hydrogen-bond acceptors (Lipinski definition) is 6. The van der Waals surface area contributed by atoms with Crippen LogP contribution in [-0.2, 0) is 24.7 Å². The average Bonchev–Trinajstić information content (AvgIpc) is 2.61. The fourth-order valence-electron chi connectivity index (χ4n) is 1.84. The van der Waals surface area contributed by atoms with Crippen molar-refractivity contribution in [2.75, 3.05) is 16.3 Å². The molecule has 0 bridgehead atoms. The summed E-state index contributed by atoms with van der Waals surface area (Å²) in [6.07, 6.45) is -2.36. The molecular formula is C9H8F4N2O5S2. The monoisotopic (exact) mass is 364 g/mol. The van der Waals surface area contributed by atoms with Crippen LogP contribution in [0, 0.1) is 0 Å². The molecule has 1 unspecified atom stereocenters. The highest BCUT2D eigenvalue weighted by Gasteiger charge is 2.53. The van der Waals surface area contributed by atoms with Crippen molar-refractivity contribution < 1.29 is 38.1 Å². The zero-order chi connectivity index (χ0) is 16.9. The van der Waals surface area contributed by atoms with Gasteiger partial charge >= 0.3 is 26.0 Å². The molecule has 1 aromatic rings. The summed E-state index contributed by atoms with van der Waals surface area (Å²) in [6, 6.07) is 5.05. The lowest BCUT2D eigenvalue weighted by Gasteiger charge is -2.26. The molecular weight excluding hydrogens is 356 g/mol. The van der Waals surface area contributed by atoms with E-state index in [1.165, 1.54) is 18.2 Å². The summed E-state index contributed by atoms with van der Waals surface area (Å²) >= 11 is 0. The summed E-state index contributed by atoms with van der Waals surface area (Å²) < 4.78 is 98.6. The fourth-order valence-corrected chi connectivity index (χ4v) is 3.24. The van der Waals surface area contributed by atoms with Gasteiger partial charge in [-0.2, -0.15) is 34.3 Å². The van der Waals surface area contributed by atoms with E-state index in [-0.39, 0.29) is 15.7 Å². The van der Waals surface area contributed by atoms with Crippen LogP contribution in [0.4, 0.5) is 28.4 Å². The van der Waals surface area contributed by atoms with Crippen LogP contribution in [0.15, 0.2) is 24.3 Å². The molecule has 1 atom stereocenters. The molecule has 1 aromatic carbocycles. The van der Waals surface area contributed by atoms with E-state index < -0.39 is 32.4 Å². The Morgan fingerprint density at radius 3 is 2.05 bits per heavy atom. The summed E-state index contributed by atoms with van der Waals surface area (Å²) in [5.74, 6) is 0. The number of anilines is 2. The third kappa shape index (κ3) is 2.70. The van der Waals surface area contributed by atoms with Crippen LogP contribution in [0.1, 0.15) is 0 Å². The number of benzene rings is 1. The highest BCUT2D eigenvalue weighted by molar-refractivity contribution is 7.88. The molecule has 0 saturated carbocycles. The standard InChI is InChI=1S/C9H8F4N2O5S2/c1-14-6-4-2-3-5-7(6)15(22(13,18)19)8(14)20-21(16,17)9(10,11)12/h2-5,8H,1H3. The normalized spacial score (nSPS) is 19.4. The first-order valence-corrected chi connectivity index (χ1v) is 8.16. The van der Waals surface area contributed by atoms with Crippen LogP contribution in [-0.4, -0.2) is 35.7 Å². The predicted octanol–water partition coefficient (Wildman–Crippen LogP) is 1.31. The maximum atomic E-state index is 13.4. The Morgan fingerprint density at radius 2 is 1.59 bits per heavy atom. The first-order valence-electron chi connectivity index (χ1n) is 5.42. The van der Waals surface area contributed by atoms with E-state index in [4.69, 9.17) is 0 Å². The van der Waals surface area contributed by atoms with Crippen molar-refractivity contribution in [3.05, 3.63) is 24.3 Å². The lowest BCUT2D eigenvalue weighted by Crippen LogP contribution is -2.48. The minimum absolute atomic E-state index is 0.0221. The molecule has 1 aliphatic rings. The largest absolute Gasteiger partial charge is 0.523 e. The summed E-state index contributed by atoms with van der Waals surface area (Å²) in [7, 11) is -10.7. The third-order valence-corrected chi connectivity index (χ3v) is 4.60. The summed E-state index contributed by atoms with van der Waals surface area (Å²) in [5.41, 5.74) is -6.16. The molecule has 0 amide bonds. The van der Waals surface area contributed by atoms with Gasteiger partial charge in [0.05, 0.1) is 11.4 Å². The molecule has 2 rings (SSSR count). The minimum Gasteiger partial charge on any atom is -0.328 e. The van der Waals surface area contributed by atoms with Gasteiger partial charge in [-0.05, 0) is 12.1 Å². The Balaban J connectivity index is 2.53. The van der Waals surface area contributed by atoms with Gasteiger partial charge in [-0.3, -0.25) is 0 Å². The topological polar surface area (TPSA) is 84.0 Å². The lowest BCUT2D eigenvalue weighted by molar-refractivity contribution is -0.0567. The average molecular weight is 364 g/mol. The van der Waals surface area contributed by atoms with Crippen LogP contribution >= 0.6 is 0 Å². The van der Waals surface area contributed by atoms with E-state index >= 15 is 0 Å². The van der Waals surface area contributed by atoms with Gasteiger partial charge in [0.25, 0.3) is 0 Å². The second-order valence-corrected chi connectivity index (χ2v) is 6.94. The highest BCUT2D eigenvalue weighted by Crippen LogP contribution is 2.42. The second kappa shape index (κ2) is 4.96. The van der Waals surface area contributed by atoms with E-state index in [9.17, 15) is 33.9 Å². The van der Waals surface area contributed by atoms with Crippen molar-refractivity contribution in [1.29, 1.82) is 0 Å². The van der Waals surface area contributed by atoms with Crippen molar-refractivity contribution in [2.45, 2.75) is 11.9 Å². The van der Waals surface area contributed by atoms with Crippen LogP contribution in [0.3, 0.4) is 0 Å². The van der Waals surface area contributed by atoms with Gasteiger partial charge in [-0.15, -0.1) is 0 Å². The molecule has 0 N–H and O–H groups in total. The first kappa shape index (κ1) is 16.8. The number of hydrogen-bond donors (Lipinski definition) is 0. The lowest BCUT2D eigenvalue weighted by atomic mass is 10.3. The number of halogens is 4. The van der Waals surface area contributed by atoms with E-state index in [0.717, 1.165) is 18.0 Å². The molecule has 0 fully saturated rings. The number of alkyl halides is 3. The van der Waals surface area contributed by atoms with Crippen molar-refractivity contribution in [3.8, 4) is 0 Å². The zero-order valence-electron chi connectivity index (χ0n) is 10.7. The molecule has 0 saturated heterocycles. The molecule has 0 radical (unpaired) electrons. The molecule has 1 aliphatic heterocycles. The summed E-state index contributed by atoms with van der Waals surface area (Å²) in [6.45, 7) is 0. The van der Waals surface area contributed by atoms with Gasteiger partial charge in [0.15, 0.2) is 0 Å². The summed E-state index contributed by atoms with van der Waals surface area (Å²) in [5, 5.41) is 0.